The predicted molar refractivity (Wildman–Crippen MR) is 129 cm³/mol. The Bertz CT molecular complexity index is 1190. The summed E-state index contributed by atoms with van der Waals surface area (Å²) in [5, 5.41) is 8.86. The maximum absolute atomic E-state index is 13.1. The lowest BCUT2D eigenvalue weighted by atomic mass is 9.90. The molecule has 0 saturated carbocycles. The van der Waals surface area contributed by atoms with Crippen molar-refractivity contribution >= 4 is 21.6 Å². The molecule has 3 N–H and O–H groups in total. The number of hydrogen-bond acceptors (Lipinski definition) is 8. The average molecular weight is 544 g/mol. The number of carbonyl (C=O) groups is 1. The summed E-state index contributed by atoms with van der Waals surface area (Å²) < 4.78 is 74.9. The molecule has 0 saturated heterocycles. The number of aliphatic hydroxyl groups is 1. The van der Waals surface area contributed by atoms with Gasteiger partial charge in [0.2, 0.25) is 5.90 Å². The van der Waals surface area contributed by atoms with Gasteiger partial charge in [-0.05, 0) is 49.7 Å². The summed E-state index contributed by atoms with van der Waals surface area (Å²) in [4.78, 5) is 17.6. The highest BCUT2D eigenvalue weighted by molar-refractivity contribution is 7.91. The number of nitrogens with zero attached hydrogens (tertiary/aromatic N) is 1. The van der Waals surface area contributed by atoms with Crippen molar-refractivity contribution in [3.8, 4) is 5.75 Å². The van der Waals surface area contributed by atoms with Crippen LogP contribution in [0.5, 0.6) is 5.75 Å². The number of halogens is 3. The number of rotatable bonds is 12. The Morgan fingerprint density at radius 1 is 1.16 bits per heavy atom. The zero-order valence-corrected chi connectivity index (χ0v) is 20.8. The Morgan fingerprint density at radius 2 is 1.84 bits per heavy atom. The van der Waals surface area contributed by atoms with Gasteiger partial charge in [-0.25, -0.2) is 18.8 Å². The van der Waals surface area contributed by atoms with Gasteiger partial charge in [0, 0.05) is 18.6 Å². The highest BCUT2D eigenvalue weighted by Gasteiger charge is 2.51. The van der Waals surface area contributed by atoms with Gasteiger partial charge in [0.1, 0.15) is 18.4 Å². The quantitative estimate of drug-likeness (QED) is 0.277. The van der Waals surface area contributed by atoms with Crippen LogP contribution >= 0.6 is 0 Å². The molecular formula is C24H28F3N3O6S. The SMILES string of the molecule is C[C@@H]1OC(c2ccc(OCCCO)cc2)=N[C@]1(CCS(=O)(=O)c1ccccc1)C(=O)NNCC(F)(F)F. The van der Waals surface area contributed by atoms with Crippen LogP contribution in [0.2, 0.25) is 0 Å². The van der Waals surface area contributed by atoms with Crippen molar-refractivity contribution in [2.45, 2.75) is 42.5 Å². The largest absolute Gasteiger partial charge is 0.494 e. The molecule has 1 aliphatic rings. The summed E-state index contributed by atoms with van der Waals surface area (Å²) >= 11 is 0. The van der Waals surface area contributed by atoms with Gasteiger partial charge in [-0.15, -0.1) is 0 Å². The van der Waals surface area contributed by atoms with E-state index in [1.54, 1.807) is 42.5 Å². The third kappa shape index (κ3) is 7.43. The van der Waals surface area contributed by atoms with E-state index in [9.17, 15) is 26.4 Å². The molecule has 2 aromatic rings. The molecule has 0 unspecified atom stereocenters. The Balaban J connectivity index is 1.86. The molecule has 0 bridgehead atoms. The molecule has 2 atom stereocenters. The molecule has 37 heavy (non-hydrogen) atoms. The van der Waals surface area contributed by atoms with Crippen molar-refractivity contribution in [2.75, 3.05) is 25.5 Å². The molecule has 0 aromatic heterocycles. The molecule has 0 fully saturated rings. The maximum atomic E-state index is 13.1. The van der Waals surface area contributed by atoms with E-state index in [1.165, 1.54) is 19.1 Å². The zero-order chi connectivity index (χ0) is 27.1. The number of sulfone groups is 1. The first-order valence-electron chi connectivity index (χ1n) is 11.5. The van der Waals surface area contributed by atoms with Gasteiger partial charge in [-0.3, -0.25) is 10.2 Å². The minimum Gasteiger partial charge on any atom is -0.494 e. The van der Waals surface area contributed by atoms with Gasteiger partial charge in [0.15, 0.2) is 15.4 Å². The zero-order valence-electron chi connectivity index (χ0n) is 20.0. The van der Waals surface area contributed by atoms with Crippen molar-refractivity contribution in [2.24, 2.45) is 4.99 Å². The molecule has 0 aliphatic carbocycles. The summed E-state index contributed by atoms with van der Waals surface area (Å²) in [5.74, 6) is -0.881. The maximum Gasteiger partial charge on any atom is 0.402 e. The van der Waals surface area contributed by atoms with Gasteiger partial charge in [0.05, 0.1) is 17.3 Å². The number of aliphatic imine (C=N–C) groups is 1. The Kier molecular flexibility index (Phi) is 9.16. The molecule has 0 spiro atoms. The van der Waals surface area contributed by atoms with Crippen molar-refractivity contribution in [1.29, 1.82) is 0 Å². The van der Waals surface area contributed by atoms with Crippen LogP contribution in [0.25, 0.3) is 0 Å². The first-order valence-corrected chi connectivity index (χ1v) is 13.1. The fourth-order valence-electron chi connectivity index (χ4n) is 3.62. The molecule has 3 rings (SSSR count). The minimum absolute atomic E-state index is 0.0113. The number of alkyl halides is 3. The van der Waals surface area contributed by atoms with Crippen LogP contribution in [-0.4, -0.2) is 68.7 Å². The molecule has 0 radical (unpaired) electrons. The summed E-state index contributed by atoms with van der Waals surface area (Å²) in [6.45, 7) is 0.318. The number of nitrogens with one attached hydrogen (secondary N) is 2. The van der Waals surface area contributed by atoms with Crippen LogP contribution in [0.4, 0.5) is 13.2 Å². The molecule has 1 aliphatic heterocycles. The summed E-state index contributed by atoms with van der Waals surface area (Å²) in [7, 11) is -3.82. The fraction of sp³-hybridized carbons (Fsp3) is 0.417. The van der Waals surface area contributed by atoms with Crippen molar-refractivity contribution < 1.29 is 41.0 Å². The van der Waals surface area contributed by atoms with E-state index < -0.39 is 45.9 Å². The van der Waals surface area contributed by atoms with Gasteiger partial charge in [0.25, 0.3) is 5.91 Å². The van der Waals surface area contributed by atoms with Crippen molar-refractivity contribution in [3.63, 3.8) is 0 Å². The minimum atomic E-state index is -4.58. The number of hydrogen-bond donors (Lipinski definition) is 3. The van der Waals surface area contributed by atoms with Crippen LogP contribution in [0.15, 0.2) is 64.5 Å². The molecule has 202 valence electrons. The van der Waals surface area contributed by atoms with Crippen LogP contribution in [0.3, 0.4) is 0 Å². The molecule has 9 nitrogen and oxygen atoms in total. The highest BCUT2D eigenvalue weighted by atomic mass is 32.2. The Hall–Kier alpha value is -3.16. The van der Waals surface area contributed by atoms with E-state index in [2.05, 4.69) is 4.99 Å². The lowest BCUT2D eigenvalue weighted by molar-refractivity contribution is -0.136. The number of ether oxygens (including phenoxy) is 2. The van der Waals surface area contributed by atoms with Crippen LogP contribution in [0.1, 0.15) is 25.3 Å². The second-order valence-corrected chi connectivity index (χ2v) is 10.5. The van der Waals surface area contributed by atoms with E-state index in [-0.39, 0.29) is 23.8 Å². The summed E-state index contributed by atoms with van der Waals surface area (Å²) in [6, 6.07) is 14.1. The third-order valence-corrected chi connectivity index (χ3v) is 7.40. The van der Waals surface area contributed by atoms with Gasteiger partial charge >= 0.3 is 6.18 Å². The normalized spacial score (nSPS) is 19.7. The monoisotopic (exact) mass is 543 g/mol. The lowest BCUT2D eigenvalue weighted by Crippen LogP contribution is -2.56. The Labute approximate surface area is 212 Å². The fourth-order valence-corrected chi connectivity index (χ4v) is 5.01. The van der Waals surface area contributed by atoms with E-state index >= 15 is 0 Å². The molecule has 1 heterocycles. The topological polar surface area (TPSA) is 126 Å². The van der Waals surface area contributed by atoms with E-state index in [0.29, 0.717) is 24.3 Å². The first kappa shape index (κ1) is 28.4. The molecular weight excluding hydrogens is 515 g/mol. The highest BCUT2D eigenvalue weighted by Crippen LogP contribution is 2.33. The summed E-state index contributed by atoms with van der Waals surface area (Å²) in [5.41, 5.74) is 2.49. The first-order chi connectivity index (χ1) is 17.5. The van der Waals surface area contributed by atoms with Gasteiger partial charge < -0.3 is 14.6 Å². The van der Waals surface area contributed by atoms with Crippen molar-refractivity contribution in [3.05, 3.63) is 60.2 Å². The number of carbonyl (C=O) groups excluding carboxylic acids is 1. The molecule has 13 heteroatoms. The summed E-state index contributed by atoms with van der Waals surface area (Å²) in [6.07, 6.45) is -5.44. The Morgan fingerprint density at radius 3 is 2.46 bits per heavy atom. The number of benzene rings is 2. The number of hydrazine groups is 1. The molecule has 2 aromatic carbocycles. The second kappa shape index (κ2) is 11.9. The predicted octanol–water partition coefficient (Wildman–Crippen LogP) is 2.40. The lowest BCUT2D eigenvalue weighted by Gasteiger charge is -2.28. The smallest absolute Gasteiger partial charge is 0.402 e. The van der Waals surface area contributed by atoms with E-state index in [0.717, 1.165) is 0 Å². The number of aliphatic hydroxyl groups excluding tert-OH is 1. The van der Waals surface area contributed by atoms with Crippen LogP contribution in [-0.2, 0) is 19.4 Å². The second-order valence-electron chi connectivity index (χ2n) is 8.36. The standard InChI is InChI=1S/C24H28F3N3O6S/c1-17-23(22(32)30-28-16-24(25,26)27,12-15-37(33,34)20-6-3-2-4-7-20)29-21(36-17)18-8-10-19(11-9-18)35-14-5-13-31/h2-4,6-11,17,28,31H,5,12-16H2,1H3,(H,30,32)/t17-,23-/m0/s1. The molecule has 1 amide bonds. The van der Waals surface area contributed by atoms with Crippen molar-refractivity contribution in [1.82, 2.24) is 10.9 Å². The third-order valence-electron chi connectivity index (χ3n) is 5.67. The van der Waals surface area contributed by atoms with Gasteiger partial charge in [-0.2, -0.15) is 13.2 Å². The number of amides is 1. The van der Waals surface area contributed by atoms with Crippen LogP contribution < -0.4 is 15.6 Å². The van der Waals surface area contributed by atoms with E-state index in [1.807, 2.05) is 10.9 Å². The average Bonchev–Trinajstić information content (AvgIpc) is 3.20. The van der Waals surface area contributed by atoms with E-state index in [4.69, 9.17) is 14.6 Å². The van der Waals surface area contributed by atoms with Gasteiger partial charge in [-0.1, -0.05) is 18.2 Å². The van der Waals surface area contributed by atoms with Crippen LogP contribution in [0, 0.1) is 0 Å².